The smallest absolute Gasteiger partial charge is 0.328 e. The summed E-state index contributed by atoms with van der Waals surface area (Å²) < 4.78 is 1.22. The first kappa shape index (κ1) is 10.2. The van der Waals surface area contributed by atoms with Crippen molar-refractivity contribution in [3.63, 3.8) is 0 Å². The normalized spacial score (nSPS) is 12.4. The quantitative estimate of drug-likeness (QED) is 0.710. The highest BCUT2D eigenvalue weighted by molar-refractivity contribution is 5.90. The second-order valence-electron chi connectivity index (χ2n) is 2.81. The number of hydrogen-bond acceptors (Lipinski definition) is 3. The van der Waals surface area contributed by atoms with Crippen LogP contribution in [0.15, 0.2) is 12.3 Å². The summed E-state index contributed by atoms with van der Waals surface area (Å²) in [5.74, 6) is -1.64. The predicted octanol–water partition coefficient (Wildman–Crippen LogP) is 0.0177. The van der Waals surface area contributed by atoms with Gasteiger partial charge in [-0.25, -0.2) is 4.79 Å². The van der Waals surface area contributed by atoms with E-state index in [1.165, 1.54) is 16.9 Å². The Morgan fingerprint density at radius 2 is 2.36 bits per heavy atom. The van der Waals surface area contributed by atoms with E-state index in [2.05, 4.69) is 5.10 Å². The Bertz CT molecular complexity index is 358. The third-order valence-corrected chi connectivity index (χ3v) is 1.85. The van der Waals surface area contributed by atoms with E-state index < -0.39 is 17.9 Å². The summed E-state index contributed by atoms with van der Waals surface area (Å²) in [6.07, 6.45) is 1.83. The summed E-state index contributed by atoms with van der Waals surface area (Å²) in [6.45, 7) is 1.73. The molecule has 6 nitrogen and oxygen atoms in total. The lowest BCUT2D eigenvalue weighted by atomic mass is 10.2. The Balaban J connectivity index is 2.95. The van der Waals surface area contributed by atoms with Crippen LogP contribution in [0.4, 0.5) is 0 Å². The number of aromatic nitrogens is 2. The summed E-state index contributed by atoms with van der Waals surface area (Å²) in [7, 11) is 0. The lowest BCUT2D eigenvalue weighted by Gasteiger charge is -2.09. The zero-order chi connectivity index (χ0) is 10.7. The van der Waals surface area contributed by atoms with Crippen molar-refractivity contribution < 1.29 is 14.7 Å². The monoisotopic (exact) mass is 197 g/mol. The second kappa shape index (κ2) is 3.91. The van der Waals surface area contributed by atoms with Crippen LogP contribution in [0.5, 0.6) is 0 Å². The van der Waals surface area contributed by atoms with Gasteiger partial charge >= 0.3 is 5.97 Å². The van der Waals surface area contributed by atoms with Crippen LogP contribution in [-0.4, -0.2) is 26.8 Å². The minimum atomic E-state index is -0.980. The summed E-state index contributed by atoms with van der Waals surface area (Å²) in [5, 5.41) is 12.6. The highest BCUT2D eigenvalue weighted by Crippen LogP contribution is 2.10. The van der Waals surface area contributed by atoms with Crippen LogP contribution < -0.4 is 5.73 Å². The minimum Gasteiger partial charge on any atom is -0.480 e. The Morgan fingerprint density at radius 3 is 2.71 bits per heavy atom. The van der Waals surface area contributed by atoms with Crippen molar-refractivity contribution in [2.75, 3.05) is 0 Å². The first-order chi connectivity index (χ1) is 6.56. The summed E-state index contributed by atoms with van der Waals surface area (Å²) in [6, 6.07) is 0.650. The average molecular weight is 197 g/mol. The molecular formula is C8H11N3O3. The van der Waals surface area contributed by atoms with E-state index in [0.717, 1.165) is 0 Å². The maximum Gasteiger partial charge on any atom is 0.328 e. The molecule has 0 saturated carbocycles. The first-order valence-electron chi connectivity index (χ1n) is 4.14. The maximum atomic E-state index is 10.7. The topological polar surface area (TPSA) is 98.2 Å². The fraction of sp³-hybridized carbons (Fsp3) is 0.375. The van der Waals surface area contributed by atoms with Crippen molar-refractivity contribution >= 4 is 11.9 Å². The van der Waals surface area contributed by atoms with Gasteiger partial charge in [-0.05, 0) is 12.5 Å². The number of amides is 1. The largest absolute Gasteiger partial charge is 0.480 e. The molecular weight excluding hydrogens is 186 g/mol. The van der Waals surface area contributed by atoms with Crippen LogP contribution in [0.25, 0.3) is 0 Å². The van der Waals surface area contributed by atoms with Crippen molar-refractivity contribution in [3.8, 4) is 0 Å². The van der Waals surface area contributed by atoms with Gasteiger partial charge in [-0.15, -0.1) is 0 Å². The first-order valence-corrected chi connectivity index (χ1v) is 4.14. The van der Waals surface area contributed by atoms with Crippen molar-refractivity contribution in [2.24, 2.45) is 5.73 Å². The lowest BCUT2D eigenvalue weighted by molar-refractivity contribution is -0.141. The Morgan fingerprint density at radius 1 is 1.71 bits per heavy atom. The Hall–Kier alpha value is -1.85. The number of aliphatic carboxylic acids is 1. The molecule has 1 aromatic rings. The van der Waals surface area contributed by atoms with Gasteiger partial charge in [0.05, 0.1) is 0 Å². The molecule has 76 valence electrons. The fourth-order valence-corrected chi connectivity index (χ4v) is 1.12. The molecule has 0 aliphatic carbocycles. The molecule has 1 amide bonds. The maximum absolute atomic E-state index is 10.7. The molecule has 14 heavy (non-hydrogen) atoms. The molecule has 0 aliphatic heterocycles. The molecule has 1 atom stereocenters. The van der Waals surface area contributed by atoms with Crippen molar-refractivity contribution in [1.29, 1.82) is 0 Å². The Kier molecular flexibility index (Phi) is 2.85. The third-order valence-electron chi connectivity index (χ3n) is 1.85. The zero-order valence-corrected chi connectivity index (χ0v) is 7.67. The summed E-state index contributed by atoms with van der Waals surface area (Å²) in [5.41, 5.74) is 5.06. The third kappa shape index (κ3) is 1.90. The van der Waals surface area contributed by atoms with Gasteiger partial charge in [0, 0.05) is 6.20 Å². The summed E-state index contributed by atoms with van der Waals surface area (Å²) in [4.78, 5) is 21.4. The van der Waals surface area contributed by atoms with Crippen molar-refractivity contribution in [2.45, 2.75) is 19.4 Å². The molecule has 3 N–H and O–H groups in total. The van der Waals surface area contributed by atoms with Gasteiger partial charge in [-0.3, -0.25) is 9.48 Å². The van der Waals surface area contributed by atoms with Gasteiger partial charge < -0.3 is 10.8 Å². The molecule has 0 fully saturated rings. The van der Waals surface area contributed by atoms with Crippen molar-refractivity contribution in [1.82, 2.24) is 9.78 Å². The van der Waals surface area contributed by atoms with Gasteiger partial charge in [-0.2, -0.15) is 5.10 Å². The fourth-order valence-electron chi connectivity index (χ4n) is 1.12. The Labute approximate surface area is 80.3 Å². The van der Waals surface area contributed by atoms with Gasteiger partial charge in [0.2, 0.25) is 0 Å². The molecule has 0 aliphatic rings. The van der Waals surface area contributed by atoms with Crippen LogP contribution in [0.3, 0.4) is 0 Å². The predicted molar refractivity (Wildman–Crippen MR) is 47.7 cm³/mol. The number of carboxylic acid groups (broad SMARTS) is 1. The second-order valence-corrected chi connectivity index (χ2v) is 2.81. The molecule has 1 unspecified atom stereocenters. The number of carbonyl (C=O) groups excluding carboxylic acids is 1. The molecule has 0 radical (unpaired) electrons. The minimum absolute atomic E-state index is 0.0738. The molecule has 1 heterocycles. The number of primary amides is 1. The number of hydrogen-bond donors (Lipinski definition) is 2. The molecule has 1 rings (SSSR count). The average Bonchev–Trinajstić information content (AvgIpc) is 2.53. The van der Waals surface area contributed by atoms with Gasteiger partial charge in [0.15, 0.2) is 0 Å². The van der Waals surface area contributed by atoms with Crippen LogP contribution in [-0.2, 0) is 4.79 Å². The molecule has 1 aromatic heterocycles. The number of carboxylic acids is 1. The molecule has 0 spiro atoms. The van der Waals surface area contributed by atoms with E-state index in [-0.39, 0.29) is 5.69 Å². The highest BCUT2D eigenvalue weighted by atomic mass is 16.4. The van der Waals surface area contributed by atoms with E-state index in [0.29, 0.717) is 6.42 Å². The van der Waals surface area contributed by atoms with E-state index >= 15 is 0 Å². The SMILES string of the molecule is CCC(C(=O)O)n1ccc(C(N)=O)n1. The molecule has 0 bridgehead atoms. The van der Waals surface area contributed by atoms with Crippen LogP contribution in [0.2, 0.25) is 0 Å². The number of nitrogens with zero attached hydrogens (tertiary/aromatic N) is 2. The highest BCUT2D eigenvalue weighted by Gasteiger charge is 2.18. The van der Waals surface area contributed by atoms with E-state index in [1.807, 2.05) is 0 Å². The number of carbonyl (C=O) groups is 2. The van der Waals surface area contributed by atoms with Gasteiger partial charge in [-0.1, -0.05) is 6.92 Å². The molecule has 0 saturated heterocycles. The summed E-state index contributed by atoms with van der Waals surface area (Å²) >= 11 is 0. The lowest BCUT2D eigenvalue weighted by Crippen LogP contribution is -2.20. The van der Waals surface area contributed by atoms with E-state index in [4.69, 9.17) is 10.8 Å². The molecule has 0 aromatic carbocycles. The van der Waals surface area contributed by atoms with E-state index in [9.17, 15) is 9.59 Å². The number of nitrogens with two attached hydrogens (primary N) is 1. The van der Waals surface area contributed by atoms with Crippen LogP contribution >= 0.6 is 0 Å². The van der Waals surface area contributed by atoms with Crippen LogP contribution in [0, 0.1) is 0 Å². The zero-order valence-electron chi connectivity index (χ0n) is 7.67. The standard InChI is InChI=1S/C8H11N3O3/c1-2-6(8(13)14)11-4-3-5(10-11)7(9)12/h3-4,6H,2H2,1H3,(H2,9,12)(H,13,14). The van der Waals surface area contributed by atoms with Crippen LogP contribution in [0.1, 0.15) is 29.9 Å². The number of rotatable bonds is 4. The molecule has 6 heteroatoms. The van der Waals surface area contributed by atoms with Crippen molar-refractivity contribution in [3.05, 3.63) is 18.0 Å². The van der Waals surface area contributed by atoms with Gasteiger partial charge in [0.1, 0.15) is 11.7 Å². The van der Waals surface area contributed by atoms with E-state index in [1.54, 1.807) is 6.92 Å². The van der Waals surface area contributed by atoms with Gasteiger partial charge in [0.25, 0.3) is 5.91 Å².